The Hall–Kier alpha value is -2.46. The lowest BCUT2D eigenvalue weighted by Gasteiger charge is -2.10. The van der Waals surface area contributed by atoms with Crippen LogP contribution in [-0.2, 0) is 4.74 Å². The lowest BCUT2D eigenvalue weighted by atomic mass is 10.0. The average molecular weight is 325 g/mol. The van der Waals surface area contributed by atoms with Gasteiger partial charge in [0, 0.05) is 12.6 Å². The molecule has 0 amide bonds. The van der Waals surface area contributed by atoms with Gasteiger partial charge in [-0.3, -0.25) is 0 Å². The fraction of sp³-hybridized carbons (Fsp3) is 0.250. The molecule has 0 heterocycles. The number of hydrogen-bond acceptors (Lipinski definition) is 3. The normalized spacial score (nSPS) is 14.5. The lowest BCUT2D eigenvalue weighted by Crippen LogP contribution is -2.18. The Bertz CT molecular complexity index is 731. The first-order valence-corrected chi connectivity index (χ1v) is 8.04. The minimum absolute atomic E-state index is 0.240. The van der Waals surface area contributed by atoms with Crippen molar-refractivity contribution >= 4 is 17.6 Å². The Labute approximate surface area is 141 Å². The maximum Gasteiger partial charge on any atom is 0.337 e. The van der Waals surface area contributed by atoms with Gasteiger partial charge in [-0.15, -0.1) is 0 Å². The van der Waals surface area contributed by atoms with Gasteiger partial charge in [-0.2, -0.15) is 0 Å². The molecule has 1 saturated carbocycles. The van der Waals surface area contributed by atoms with Crippen LogP contribution in [0.1, 0.15) is 34.3 Å². The van der Waals surface area contributed by atoms with Crippen LogP contribution < -0.4 is 5.32 Å². The number of benzene rings is 2. The number of carbonyl (C=O) groups excluding carboxylic acids is 1. The molecule has 2 aromatic carbocycles. The number of hydrogen-bond donors (Lipinski definition) is 1. The first-order chi connectivity index (χ1) is 11.7. The number of nitrogens with one attached hydrogen (secondary N) is 1. The predicted molar refractivity (Wildman–Crippen MR) is 93.1 cm³/mol. The zero-order valence-electron chi connectivity index (χ0n) is 13.6. The van der Waals surface area contributed by atoms with E-state index in [0.29, 0.717) is 11.6 Å². The Morgan fingerprint density at radius 3 is 2.33 bits per heavy atom. The zero-order valence-corrected chi connectivity index (χ0v) is 13.6. The molecule has 4 heteroatoms. The smallest absolute Gasteiger partial charge is 0.337 e. The summed E-state index contributed by atoms with van der Waals surface area (Å²) in [6, 6.07) is 14.4. The second kappa shape index (κ2) is 7.41. The average Bonchev–Trinajstić information content (AvgIpc) is 3.43. The van der Waals surface area contributed by atoms with E-state index in [0.717, 1.165) is 23.2 Å². The Morgan fingerprint density at radius 2 is 1.75 bits per heavy atom. The van der Waals surface area contributed by atoms with Crippen LogP contribution in [0, 0.1) is 5.82 Å². The first-order valence-electron chi connectivity index (χ1n) is 8.04. The molecule has 3 nitrogen and oxygen atoms in total. The maximum atomic E-state index is 13.2. The fourth-order valence-corrected chi connectivity index (χ4v) is 2.48. The van der Waals surface area contributed by atoms with E-state index >= 15 is 0 Å². The summed E-state index contributed by atoms with van der Waals surface area (Å²) in [5.41, 5.74) is 3.59. The van der Waals surface area contributed by atoms with Crippen LogP contribution in [0.25, 0.3) is 11.6 Å². The molecule has 24 heavy (non-hydrogen) atoms. The number of ether oxygens (including phenoxy) is 1. The van der Waals surface area contributed by atoms with Gasteiger partial charge in [-0.05, 0) is 59.9 Å². The van der Waals surface area contributed by atoms with Crippen molar-refractivity contribution in [2.24, 2.45) is 0 Å². The molecule has 124 valence electrons. The summed E-state index contributed by atoms with van der Waals surface area (Å²) >= 11 is 0. The fourth-order valence-electron chi connectivity index (χ4n) is 2.48. The topological polar surface area (TPSA) is 38.3 Å². The monoisotopic (exact) mass is 325 g/mol. The van der Waals surface area contributed by atoms with E-state index in [1.54, 1.807) is 24.3 Å². The summed E-state index contributed by atoms with van der Waals surface area (Å²) in [4.78, 5) is 11.5. The SMILES string of the molecule is COC(=O)c1ccc(/C=C(/CNC2CC2)c2ccc(F)cc2)cc1. The first kappa shape index (κ1) is 16.4. The molecule has 2 aromatic rings. The van der Waals surface area contributed by atoms with E-state index in [1.165, 1.54) is 32.1 Å². The van der Waals surface area contributed by atoms with Crippen LogP contribution >= 0.6 is 0 Å². The Kier molecular flexibility index (Phi) is 5.06. The van der Waals surface area contributed by atoms with Gasteiger partial charge < -0.3 is 10.1 Å². The molecule has 1 fully saturated rings. The second-order valence-corrected chi connectivity index (χ2v) is 5.95. The summed E-state index contributed by atoms with van der Waals surface area (Å²) in [7, 11) is 1.37. The van der Waals surface area contributed by atoms with Gasteiger partial charge in [-0.1, -0.05) is 24.3 Å². The van der Waals surface area contributed by atoms with E-state index in [-0.39, 0.29) is 11.8 Å². The van der Waals surface area contributed by atoms with Crippen LogP contribution in [0.2, 0.25) is 0 Å². The summed E-state index contributed by atoms with van der Waals surface area (Å²) in [5.74, 6) is -0.588. The van der Waals surface area contributed by atoms with Crippen molar-refractivity contribution in [2.75, 3.05) is 13.7 Å². The third-order valence-corrected chi connectivity index (χ3v) is 4.05. The molecule has 0 aromatic heterocycles. The van der Waals surface area contributed by atoms with Gasteiger partial charge in [-0.25, -0.2) is 9.18 Å². The third kappa shape index (κ3) is 4.30. The highest BCUT2D eigenvalue weighted by atomic mass is 19.1. The highest BCUT2D eigenvalue weighted by molar-refractivity contribution is 5.90. The largest absolute Gasteiger partial charge is 0.465 e. The van der Waals surface area contributed by atoms with E-state index < -0.39 is 0 Å². The lowest BCUT2D eigenvalue weighted by molar-refractivity contribution is 0.0600. The molecular formula is C20H20FNO2. The van der Waals surface area contributed by atoms with Crippen LogP contribution in [0.3, 0.4) is 0 Å². The molecule has 0 atom stereocenters. The van der Waals surface area contributed by atoms with Gasteiger partial charge in [0.15, 0.2) is 0 Å². The highest BCUT2D eigenvalue weighted by Crippen LogP contribution is 2.23. The molecule has 0 unspecified atom stereocenters. The number of halogens is 1. The molecule has 1 N–H and O–H groups in total. The third-order valence-electron chi connectivity index (χ3n) is 4.05. The molecule has 1 aliphatic rings. The molecule has 0 bridgehead atoms. The van der Waals surface area contributed by atoms with Crippen molar-refractivity contribution in [3.05, 3.63) is 71.0 Å². The standard InChI is InChI=1S/C20H20FNO2/c1-24-20(23)16-4-2-14(3-5-16)12-17(13-22-19-10-11-19)15-6-8-18(21)9-7-15/h2-9,12,19,22H,10-11,13H2,1H3/b17-12-. The molecule has 0 radical (unpaired) electrons. The van der Waals surface area contributed by atoms with Crippen molar-refractivity contribution in [2.45, 2.75) is 18.9 Å². The van der Waals surface area contributed by atoms with E-state index in [1.807, 2.05) is 12.1 Å². The summed E-state index contributed by atoms with van der Waals surface area (Å²) in [6.45, 7) is 0.731. The quantitative estimate of drug-likeness (QED) is 0.646. The van der Waals surface area contributed by atoms with Crippen molar-refractivity contribution in [3.63, 3.8) is 0 Å². The second-order valence-electron chi connectivity index (χ2n) is 5.95. The minimum Gasteiger partial charge on any atom is -0.465 e. The molecular weight excluding hydrogens is 305 g/mol. The molecule has 0 aliphatic heterocycles. The van der Waals surface area contributed by atoms with Gasteiger partial charge in [0.25, 0.3) is 0 Å². The summed E-state index contributed by atoms with van der Waals surface area (Å²) in [6.07, 6.45) is 4.48. The van der Waals surface area contributed by atoms with Crippen molar-refractivity contribution in [1.29, 1.82) is 0 Å². The van der Waals surface area contributed by atoms with Crippen LogP contribution in [0.4, 0.5) is 4.39 Å². The van der Waals surface area contributed by atoms with Gasteiger partial charge in [0.1, 0.15) is 5.82 Å². The highest BCUT2D eigenvalue weighted by Gasteiger charge is 2.20. The zero-order chi connectivity index (χ0) is 16.9. The van der Waals surface area contributed by atoms with Crippen molar-refractivity contribution < 1.29 is 13.9 Å². The van der Waals surface area contributed by atoms with E-state index in [2.05, 4.69) is 11.4 Å². The molecule has 0 saturated heterocycles. The maximum absolute atomic E-state index is 13.2. The van der Waals surface area contributed by atoms with Crippen LogP contribution in [-0.4, -0.2) is 25.7 Å². The number of methoxy groups -OCH3 is 1. The number of esters is 1. The molecule has 0 spiro atoms. The Morgan fingerprint density at radius 1 is 1.12 bits per heavy atom. The number of rotatable bonds is 6. The minimum atomic E-state index is -0.348. The van der Waals surface area contributed by atoms with Gasteiger partial charge >= 0.3 is 5.97 Å². The molecule has 1 aliphatic carbocycles. The predicted octanol–water partition coefficient (Wildman–Crippen LogP) is 3.90. The Balaban J connectivity index is 1.84. The van der Waals surface area contributed by atoms with Crippen LogP contribution in [0.5, 0.6) is 0 Å². The van der Waals surface area contributed by atoms with Crippen LogP contribution in [0.15, 0.2) is 48.5 Å². The van der Waals surface area contributed by atoms with Gasteiger partial charge in [0.05, 0.1) is 12.7 Å². The number of carbonyl (C=O) groups is 1. The molecule has 3 rings (SSSR count). The summed E-state index contributed by atoms with van der Waals surface area (Å²) in [5, 5.41) is 3.49. The van der Waals surface area contributed by atoms with Gasteiger partial charge in [0.2, 0.25) is 0 Å². The summed E-state index contributed by atoms with van der Waals surface area (Å²) < 4.78 is 17.9. The van der Waals surface area contributed by atoms with E-state index in [9.17, 15) is 9.18 Å². The van der Waals surface area contributed by atoms with Crippen molar-refractivity contribution in [3.8, 4) is 0 Å². The van der Waals surface area contributed by atoms with Crippen molar-refractivity contribution in [1.82, 2.24) is 5.32 Å². The van der Waals surface area contributed by atoms with E-state index in [4.69, 9.17) is 4.74 Å².